The fraction of sp³-hybridized carbons (Fsp3) is 0.188. The molecule has 2 aromatic carbocycles. The fourth-order valence-electron chi connectivity index (χ4n) is 2.17. The van der Waals surface area contributed by atoms with Crippen LogP contribution in [0.3, 0.4) is 0 Å². The summed E-state index contributed by atoms with van der Waals surface area (Å²) in [6.45, 7) is 0.244. The van der Waals surface area contributed by atoms with Crippen LogP contribution < -0.4 is 4.72 Å². The van der Waals surface area contributed by atoms with Crippen molar-refractivity contribution in [2.24, 2.45) is 0 Å². The summed E-state index contributed by atoms with van der Waals surface area (Å²) < 4.78 is 31.9. The van der Waals surface area contributed by atoms with Crippen LogP contribution in [0.1, 0.15) is 11.1 Å². The lowest BCUT2D eigenvalue weighted by atomic mass is 10.2. The molecule has 0 fully saturated rings. The molecule has 0 aliphatic rings. The standard InChI is InChI=1S/C16H16N2O3S/c19-22(20,9-8-13-4-2-1-3-5-13)18-11-14-6-7-15-16(10-14)21-12-17-15/h1-7,10,12,18H,8-9,11H2. The Labute approximate surface area is 129 Å². The van der Waals surface area contributed by atoms with Crippen LogP contribution in [-0.2, 0) is 23.0 Å². The number of oxazole rings is 1. The van der Waals surface area contributed by atoms with Gasteiger partial charge in [0.25, 0.3) is 0 Å². The molecule has 6 heteroatoms. The molecule has 0 saturated heterocycles. The molecule has 114 valence electrons. The largest absolute Gasteiger partial charge is 0.443 e. The van der Waals surface area contributed by atoms with Gasteiger partial charge in [-0.2, -0.15) is 0 Å². The molecular weight excluding hydrogens is 300 g/mol. The van der Waals surface area contributed by atoms with E-state index in [1.165, 1.54) is 6.39 Å². The number of sulfonamides is 1. The lowest BCUT2D eigenvalue weighted by Crippen LogP contribution is -2.26. The Balaban J connectivity index is 1.59. The molecule has 22 heavy (non-hydrogen) atoms. The van der Waals surface area contributed by atoms with Crippen molar-refractivity contribution in [3.63, 3.8) is 0 Å². The summed E-state index contributed by atoms with van der Waals surface area (Å²) in [5.74, 6) is 0.0710. The van der Waals surface area contributed by atoms with Crippen molar-refractivity contribution in [2.45, 2.75) is 13.0 Å². The van der Waals surface area contributed by atoms with E-state index in [1.807, 2.05) is 42.5 Å². The molecule has 0 saturated carbocycles. The van der Waals surface area contributed by atoms with Crippen molar-refractivity contribution in [3.8, 4) is 0 Å². The molecule has 0 amide bonds. The number of hydrogen-bond acceptors (Lipinski definition) is 4. The smallest absolute Gasteiger partial charge is 0.212 e. The average molecular weight is 316 g/mol. The van der Waals surface area contributed by atoms with Gasteiger partial charge in [0.05, 0.1) is 5.75 Å². The molecule has 3 aromatic rings. The number of nitrogens with one attached hydrogen (secondary N) is 1. The topological polar surface area (TPSA) is 72.2 Å². The predicted molar refractivity (Wildman–Crippen MR) is 84.8 cm³/mol. The summed E-state index contributed by atoms with van der Waals surface area (Å²) >= 11 is 0. The first kappa shape index (κ1) is 14.7. The third kappa shape index (κ3) is 3.72. The maximum atomic E-state index is 12.0. The molecule has 0 unspecified atom stereocenters. The summed E-state index contributed by atoms with van der Waals surface area (Å²) in [7, 11) is -3.31. The van der Waals surface area contributed by atoms with Gasteiger partial charge in [-0.3, -0.25) is 0 Å². The number of hydrogen-bond donors (Lipinski definition) is 1. The summed E-state index contributed by atoms with van der Waals surface area (Å²) in [4.78, 5) is 4.03. The van der Waals surface area contributed by atoms with E-state index in [4.69, 9.17) is 4.42 Å². The Kier molecular flexibility index (Phi) is 4.22. The van der Waals surface area contributed by atoms with E-state index in [9.17, 15) is 8.42 Å². The Hall–Kier alpha value is -2.18. The maximum Gasteiger partial charge on any atom is 0.212 e. The first-order valence-corrected chi connectivity index (χ1v) is 8.61. The van der Waals surface area contributed by atoms with Crippen molar-refractivity contribution in [1.29, 1.82) is 0 Å². The molecule has 1 heterocycles. The van der Waals surface area contributed by atoms with E-state index >= 15 is 0 Å². The van der Waals surface area contributed by atoms with Crippen LogP contribution in [-0.4, -0.2) is 19.2 Å². The van der Waals surface area contributed by atoms with Gasteiger partial charge >= 0.3 is 0 Å². The van der Waals surface area contributed by atoms with Gasteiger partial charge < -0.3 is 4.42 Å². The lowest BCUT2D eigenvalue weighted by Gasteiger charge is -2.07. The highest BCUT2D eigenvalue weighted by atomic mass is 32.2. The van der Waals surface area contributed by atoms with Gasteiger partial charge in [0.2, 0.25) is 10.0 Å². The molecule has 0 atom stereocenters. The monoisotopic (exact) mass is 316 g/mol. The summed E-state index contributed by atoms with van der Waals surface area (Å²) in [5, 5.41) is 0. The van der Waals surface area contributed by atoms with Crippen molar-refractivity contribution in [3.05, 3.63) is 66.1 Å². The second-order valence-electron chi connectivity index (χ2n) is 5.03. The highest BCUT2D eigenvalue weighted by Crippen LogP contribution is 2.14. The van der Waals surface area contributed by atoms with Crippen LogP contribution in [0.15, 0.2) is 59.3 Å². The van der Waals surface area contributed by atoms with Crippen LogP contribution in [0.5, 0.6) is 0 Å². The molecule has 0 spiro atoms. The predicted octanol–water partition coefficient (Wildman–Crippen LogP) is 2.49. The van der Waals surface area contributed by atoms with Crippen molar-refractivity contribution in [1.82, 2.24) is 9.71 Å². The number of aromatic nitrogens is 1. The van der Waals surface area contributed by atoms with Crippen molar-refractivity contribution >= 4 is 21.1 Å². The molecule has 0 aliphatic carbocycles. The Morgan fingerprint density at radius 1 is 1.05 bits per heavy atom. The molecule has 1 aromatic heterocycles. The molecule has 0 bridgehead atoms. The molecule has 0 radical (unpaired) electrons. The van der Waals surface area contributed by atoms with Crippen LogP contribution in [0, 0.1) is 0 Å². The minimum absolute atomic E-state index is 0.0710. The van der Waals surface area contributed by atoms with Crippen molar-refractivity contribution in [2.75, 3.05) is 5.75 Å². The number of nitrogens with zero attached hydrogens (tertiary/aromatic N) is 1. The quantitative estimate of drug-likeness (QED) is 0.758. The highest BCUT2D eigenvalue weighted by molar-refractivity contribution is 7.89. The van der Waals surface area contributed by atoms with E-state index in [2.05, 4.69) is 9.71 Å². The Bertz CT molecular complexity index is 857. The van der Waals surface area contributed by atoms with Gasteiger partial charge in [0.15, 0.2) is 12.0 Å². The zero-order valence-corrected chi connectivity index (χ0v) is 12.7. The zero-order valence-electron chi connectivity index (χ0n) is 11.9. The molecule has 1 N–H and O–H groups in total. The molecule has 5 nitrogen and oxygen atoms in total. The van der Waals surface area contributed by atoms with Crippen LogP contribution >= 0.6 is 0 Å². The van der Waals surface area contributed by atoms with E-state index < -0.39 is 10.0 Å². The fourth-order valence-corrected chi connectivity index (χ4v) is 3.21. The first-order chi connectivity index (χ1) is 10.6. The normalized spacial score (nSPS) is 11.8. The Morgan fingerprint density at radius 2 is 1.86 bits per heavy atom. The maximum absolute atomic E-state index is 12.0. The summed E-state index contributed by atoms with van der Waals surface area (Å²) in [6.07, 6.45) is 1.87. The lowest BCUT2D eigenvalue weighted by molar-refractivity contribution is 0.580. The number of aryl methyl sites for hydroxylation is 1. The second kappa shape index (κ2) is 6.29. The number of rotatable bonds is 6. The third-order valence-corrected chi connectivity index (χ3v) is 4.72. The van der Waals surface area contributed by atoms with Gasteiger partial charge in [0, 0.05) is 6.54 Å². The van der Waals surface area contributed by atoms with Gasteiger partial charge in [0.1, 0.15) is 5.52 Å². The number of benzene rings is 2. The van der Waals surface area contributed by atoms with E-state index in [0.717, 1.165) is 16.6 Å². The van der Waals surface area contributed by atoms with Crippen LogP contribution in [0.4, 0.5) is 0 Å². The van der Waals surface area contributed by atoms with Gasteiger partial charge in [-0.15, -0.1) is 0 Å². The third-order valence-electron chi connectivity index (χ3n) is 3.39. The summed E-state index contributed by atoms with van der Waals surface area (Å²) in [5.41, 5.74) is 3.26. The molecular formula is C16H16N2O3S. The minimum atomic E-state index is -3.31. The first-order valence-electron chi connectivity index (χ1n) is 6.96. The van der Waals surface area contributed by atoms with E-state index in [-0.39, 0.29) is 12.3 Å². The molecule has 3 rings (SSSR count). The second-order valence-corrected chi connectivity index (χ2v) is 6.96. The van der Waals surface area contributed by atoms with Crippen LogP contribution in [0.2, 0.25) is 0 Å². The van der Waals surface area contributed by atoms with E-state index in [1.54, 1.807) is 6.07 Å². The molecule has 0 aliphatic heterocycles. The minimum Gasteiger partial charge on any atom is -0.443 e. The van der Waals surface area contributed by atoms with Gasteiger partial charge in [-0.25, -0.2) is 18.1 Å². The van der Waals surface area contributed by atoms with Crippen molar-refractivity contribution < 1.29 is 12.8 Å². The highest BCUT2D eigenvalue weighted by Gasteiger charge is 2.10. The van der Waals surface area contributed by atoms with Crippen LogP contribution in [0.25, 0.3) is 11.1 Å². The van der Waals surface area contributed by atoms with Gasteiger partial charge in [-0.05, 0) is 29.7 Å². The van der Waals surface area contributed by atoms with E-state index in [0.29, 0.717) is 12.0 Å². The summed E-state index contributed by atoms with van der Waals surface area (Å²) in [6, 6.07) is 15.0. The number of fused-ring (bicyclic) bond motifs is 1. The zero-order chi connectivity index (χ0) is 15.4. The van der Waals surface area contributed by atoms with Gasteiger partial charge in [-0.1, -0.05) is 36.4 Å². The average Bonchev–Trinajstić information content (AvgIpc) is 3.00. The SMILES string of the molecule is O=S(=O)(CCc1ccccc1)NCc1ccc2ncoc2c1. The Morgan fingerprint density at radius 3 is 2.68 bits per heavy atom.